The molecule has 0 radical (unpaired) electrons. The highest BCUT2D eigenvalue weighted by molar-refractivity contribution is 7.20. The van der Waals surface area contributed by atoms with Crippen LogP contribution in [0, 0.1) is 0 Å². The summed E-state index contributed by atoms with van der Waals surface area (Å²) in [6.45, 7) is 0.146. The van der Waals surface area contributed by atoms with E-state index >= 15 is 0 Å². The van der Waals surface area contributed by atoms with Crippen LogP contribution in [-0.2, 0) is 56.0 Å². The number of benzene rings is 5. The highest BCUT2D eigenvalue weighted by Crippen LogP contribution is 2.41. The van der Waals surface area contributed by atoms with Gasteiger partial charge in [0.1, 0.15) is 6.15 Å². The first-order valence-electron chi connectivity index (χ1n) is 20.0. The van der Waals surface area contributed by atoms with Crippen LogP contribution < -0.4 is 32.2 Å². The zero-order valence-electron chi connectivity index (χ0n) is 36.2. The molecule has 0 bridgehead atoms. The summed E-state index contributed by atoms with van der Waals surface area (Å²) < 4.78 is 342. The summed E-state index contributed by atoms with van der Waals surface area (Å²) in [6.07, 6.45) is -50.3. The molecule has 6 rings (SSSR count). The van der Waals surface area contributed by atoms with E-state index in [0.717, 1.165) is 0 Å². The van der Waals surface area contributed by atoms with E-state index in [1.165, 1.54) is 12.4 Å². The normalized spacial score (nSPS) is 13.3. The standard InChI is InChI=1S/C32H12BF24.C13H11N3O2/c34-25(35,36)13-1-14(26(37,38)39)6-21(5-13)33(22-7-15(27(40,41)42)2-16(8-22)28(43,44)45,23-9-17(29(46,47)48)3-18(10-23)30(49,50)51)24-11-19(31(52,53)54)4-20(12-24)32(55,56)57;14-13(18)11-8-16(7-6-15-11)9-12(17)10-4-2-1-3-5-10/h1-12H;1-8H,9H2,(H-,14,18)/q-1;/p+1. The predicted molar refractivity (Wildman–Crippen MR) is 214 cm³/mol. The number of hydrogen-bond acceptors (Lipinski definition) is 3. The van der Waals surface area contributed by atoms with Crippen molar-refractivity contribution in [1.82, 2.24) is 4.98 Å². The molecular formula is C45H24BF24N3O2. The molecule has 2 N–H and O–H groups in total. The van der Waals surface area contributed by atoms with Crippen LogP contribution in [0.4, 0.5) is 105 Å². The Morgan fingerprint density at radius 3 is 0.893 bits per heavy atom. The van der Waals surface area contributed by atoms with Crippen molar-refractivity contribution < 1.29 is 120 Å². The van der Waals surface area contributed by atoms with Gasteiger partial charge in [0, 0.05) is 5.56 Å². The molecule has 0 atom stereocenters. The Balaban J connectivity index is 0.000000483. The number of hydrogen-bond donors (Lipinski definition) is 1. The minimum atomic E-state index is -6.13. The lowest BCUT2D eigenvalue weighted by molar-refractivity contribution is -0.683. The lowest BCUT2D eigenvalue weighted by atomic mass is 9.12. The molecular weight excluding hydrogens is 1080 g/mol. The van der Waals surface area contributed by atoms with Gasteiger partial charge in [-0.1, -0.05) is 78.9 Å². The number of alkyl halides is 24. The highest BCUT2D eigenvalue weighted by Gasteiger charge is 2.47. The smallest absolute Gasteiger partial charge is 0.364 e. The summed E-state index contributed by atoms with van der Waals surface area (Å²) in [5.41, 5.74) is -24.3. The van der Waals surface area contributed by atoms with Crippen LogP contribution in [0.1, 0.15) is 65.4 Å². The van der Waals surface area contributed by atoms with Crippen molar-refractivity contribution in [1.29, 1.82) is 0 Å². The number of carbonyl (C=O) groups is 2. The van der Waals surface area contributed by atoms with Crippen LogP contribution in [0.25, 0.3) is 0 Å². The number of nitrogens with zero attached hydrogens (tertiary/aromatic N) is 2. The molecule has 0 fully saturated rings. The van der Waals surface area contributed by atoms with Gasteiger partial charge < -0.3 is 5.73 Å². The van der Waals surface area contributed by atoms with Gasteiger partial charge in [-0.3, -0.25) is 9.59 Å². The van der Waals surface area contributed by atoms with E-state index in [1.54, 1.807) is 35.0 Å². The van der Waals surface area contributed by atoms with Gasteiger partial charge in [-0.05, 0) is 24.3 Å². The van der Waals surface area contributed by atoms with E-state index in [-0.39, 0.29) is 18.0 Å². The number of Topliss-reactive ketones (excluding diaryl/α,β-unsaturated/α-hetero) is 1. The molecule has 0 unspecified atom stereocenters. The third kappa shape index (κ3) is 13.7. The van der Waals surface area contributed by atoms with Crippen LogP contribution in [0.15, 0.2) is 122 Å². The lowest BCUT2D eigenvalue weighted by Crippen LogP contribution is -2.75. The van der Waals surface area contributed by atoms with Crippen LogP contribution >= 0.6 is 0 Å². The minimum absolute atomic E-state index is 0.0396. The fourth-order valence-corrected chi connectivity index (χ4v) is 7.61. The van der Waals surface area contributed by atoms with Crippen LogP contribution in [0.2, 0.25) is 0 Å². The molecule has 0 aliphatic heterocycles. The van der Waals surface area contributed by atoms with E-state index in [4.69, 9.17) is 5.73 Å². The largest absolute Gasteiger partial charge is 0.416 e. The molecule has 0 aliphatic carbocycles. The molecule has 1 amide bonds. The second kappa shape index (κ2) is 20.1. The Labute approximate surface area is 403 Å². The summed E-state index contributed by atoms with van der Waals surface area (Å²) in [5.74, 6) is -0.654. The van der Waals surface area contributed by atoms with Gasteiger partial charge in [-0.2, -0.15) is 132 Å². The predicted octanol–water partition coefficient (Wildman–Crippen LogP) is 11.6. The monoisotopic (exact) mass is 1110 g/mol. The lowest BCUT2D eigenvalue weighted by Gasteiger charge is -2.46. The molecule has 1 heterocycles. The average molecular weight is 1110 g/mol. The third-order valence-corrected chi connectivity index (χ3v) is 10.9. The summed E-state index contributed by atoms with van der Waals surface area (Å²) in [5, 5.41) is 0. The Bertz CT molecular complexity index is 2640. The molecule has 5 aromatic carbocycles. The van der Waals surface area contributed by atoms with E-state index in [0.29, 0.717) is 5.56 Å². The minimum Gasteiger partial charge on any atom is -0.364 e. The number of primary amides is 1. The highest BCUT2D eigenvalue weighted by atomic mass is 19.4. The summed E-state index contributed by atoms with van der Waals surface area (Å²) in [7, 11) is 0. The molecule has 0 saturated carbocycles. The quantitative estimate of drug-likeness (QED) is 0.0714. The molecule has 75 heavy (non-hydrogen) atoms. The fraction of sp³-hybridized carbons (Fsp3) is 0.200. The van der Waals surface area contributed by atoms with E-state index < -0.39 is 201 Å². The van der Waals surface area contributed by atoms with Crippen LogP contribution in [-0.4, -0.2) is 22.8 Å². The Morgan fingerprint density at radius 2 is 0.667 bits per heavy atom. The van der Waals surface area contributed by atoms with Crippen molar-refractivity contribution in [3.05, 3.63) is 177 Å². The Kier molecular flexibility index (Phi) is 15.7. The maximum absolute atomic E-state index is 14.2. The number of ketones is 1. The molecule has 402 valence electrons. The first-order valence-corrected chi connectivity index (χ1v) is 20.0. The number of nitrogens with two attached hydrogens (primary N) is 1. The van der Waals surface area contributed by atoms with E-state index in [2.05, 4.69) is 4.98 Å². The number of carbonyl (C=O) groups excluding carboxylic acids is 2. The molecule has 0 saturated heterocycles. The van der Waals surface area contributed by atoms with Gasteiger partial charge in [-0.25, -0.2) is 4.98 Å². The van der Waals surface area contributed by atoms with Gasteiger partial charge in [0.15, 0.2) is 11.9 Å². The van der Waals surface area contributed by atoms with Crippen molar-refractivity contribution in [2.75, 3.05) is 0 Å². The molecule has 6 aromatic rings. The molecule has 1 aromatic heterocycles. The van der Waals surface area contributed by atoms with Gasteiger partial charge >= 0.3 is 49.4 Å². The maximum atomic E-state index is 14.2. The van der Waals surface area contributed by atoms with Crippen LogP contribution in [0.3, 0.4) is 0 Å². The van der Waals surface area contributed by atoms with E-state index in [1.807, 2.05) is 6.07 Å². The number of amides is 1. The fourth-order valence-electron chi connectivity index (χ4n) is 7.61. The second-order valence-corrected chi connectivity index (χ2v) is 16.0. The van der Waals surface area contributed by atoms with Gasteiger partial charge in [-0.15, -0.1) is 0 Å². The molecule has 0 aliphatic rings. The second-order valence-electron chi connectivity index (χ2n) is 16.0. The zero-order chi connectivity index (χ0) is 56.9. The zero-order valence-corrected chi connectivity index (χ0v) is 36.2. The number of halogens is 24. The van der Waals surface area contributed by atoms with E-state index in [9.17, 15) is 115 Å². The molecule has 30 heteroatoms. The third-order valence-electron chi connectivity index (χ3n) is 10.9. The molecule has 5 nitrogen and oxygen atoms in total. The van der Waals surface area contributed by atoms with Crippen LogP contribution in [0.5, 0.6) is 0 Å². The topological polar surface area (TPSA) is 76.9 Å². The Hall–Kier alpha value is -7.30. The van der Waals surface area contributed by atoms with Crippen molar-refractivity contribution in [2.45, 2.75) is 56.0 Å². The summed E-state index contributed by atoms with van der Waals surface area (Å²) in [4.78, 5) is 26.7. The van der Waals surface area contributed by atoms with Gasteiger partial charge in [0.05, 0.1) is 50.7 Å². The summed E-state index contributed by atoms with van der Waals surface area (Å²) >= 11 is 0. The maximum Gasteiger partial charge on any atom is 0.416 e. The number of aromatic nitrogens is 2. The molecule has 0 spiro atoms. The number of rotatable bonds is 8. The summed E-state index contributed by atoms with van der Waals surface area (Å²) in [6, 6.07) is 0.146. The van der Waals surface area contributed by atoms with Crippen molar-refractivity contribution >= 4 is 39.7 Å². The van der Waals surface area contributed by atoms with Crippen molar-refractivity contribution in [3.8, 4) is 0 Å². The first-order chi connectivity index (χ1) is 33.9. The SMILES string of the molecule is FC(F)(F)c1cc([B-](c2cc(C(F)(F)F)cc(C(F)(F)F)c2)(c2cc(C(F)(F)F)cc(C(F)(F)F)c2)c2cc(C(F)(F)F)cc(C(F)(F)F)c2)cc(C(F)(F)F)c1.NC(=O)c1c[n+](CC(=O)c2ccccc2)ccn1. The Morgan fingerprint density at radius 1 is 0.413 bits per heavy atom. The van der Waals surface area contributed by atoms with Gasteiger partial charge in [0.25, 0.3) is 5.91 Å². The van der Waals surface area contributed by atoms with Crippen molar-refractivity contribution in [2.24, 2.45) is 5.73 Å². The average Bonchev–Trinajstić information content (AvgIpc) is 3.27. The first kappa shape index (κ1) is 58.6. The van der Waals surface area contributed by atoms with Gasteiger partial charge in [0.2, 0.25) is 18.5 Å². The van der Waals surface area contributed by atoms with Crippen molar-refractivity contribution in [3.63, 3.8) is 0 Å².